The first kappa shape index (κ1) is 98.1. The Bertz CT molecular complexity index is 1950. The highest BCUT2D eigenvalue weighted by Gasteiger charge is 2.30. The summed E-state index contributed by atoms with van der Waals surface area (Å²) in [6.07, 6.45) is 56.9. The molecule has 19 heteroatoms. The molecular weight excluding hydrogens is 1310 g/mol. The molecule has 0 aromatic heterocycles. The summed E-state index contributed by atoms with van der Waals surface area (Å²) >= 11 is 0. The number of aliphatic hydroxyl groups is 1. The van der Waals surface area contributed by atoms with Crippen LogP contribution in [0.1, 0.15) is 415 Å². The van der Waals surface area contributed by atoms with Gasteiger partial charge in [-0.3, -0.25) is 37.3 Å². The Kier molecular flexibility index (Phi) is 68.7. The number of phosphoric acid groups is 2. The Labute approximate surface area is 613 Å². The molecule has 0 saturated carbocycles. The van der Waals surface area contributed by atoms with E-state index < -0.39 is 97.5 Å². The second-order valence-corrected chi connectivity index (χ2v) is 34.0. The van der Waals surface area contributed by atoms with E-state index in [1.807, 2.05) is 0 Å². The number of hydrogen-bond donors (Lipinski definition) is 3. The van der Waals surface area contributed by atoms with E-state index in [2.05, 4.69) is 55.4 Å². The summed E-state index contributed by atoms with van der Waals surface area (Å²) < 4.78 is 68.7. The van der Waals surface area contributed by atoms with Gasteiger partial charge in [0.2, 0.25) is 0 Å². The number of hydrogen-bond acceptors (Lipinski definition) is 15. The van der Waals surface area contributed by atoms with Crippen LogP contribution in [0.4, 0.5) is 0 Å². The van der Waals surface area contributed by atoms with Crippen LogP contribution in [0.25, 0.3) is 0 Å². The minimum atomic E-state index is -4.96. The van der Waals surface area contributed by atoms with Gasteiger partial charge in [-0.25, -0.2) is 9.13 Å². The summed E-state index contributed by atoms with van der Waals surface area (Å²) in [7, 11) is -9.92. The topological polar surface area (TPSA) is 237 Å². The number of carbonyl (C=O) groups excluding carboxylic acids is 4. The molecule has 0 aliphatic heterocycles. The average molecular weight is 1470 g/mol. The van der Waals surface area contributed by atoms with Crippen LogP contribution < -0.4 is 0 Å². The molecule has 0 bridgehead atoms. The summed E-state index contributed by atoms with van der Waals surface area (Å²) in [5, 5.41) is 10.6. The number of aliphatic hydroxyl groups excluding tert-OH is 1. The predicted octanol–water partition coefficient (Wildman–Crippen LogP) is 24.0. The van der Waals surface area contributed by atoms with Crippen LogP contribution in [0.15, 0.2) is 0 Å². The van der Waals surface area contributed by atoms with Gasteiger partial charge in [0.1, 0.15) is 19.3 Å². The number of carbonyl (C=O) groups is 4. The predicted molar refractivity (Wildman–Crippen MR) is 409 cm³/mol. The van der Waals surface area contributed by atoms with Crippen LogP contribution >= 0.6 is 15.6 Å². The van der Waals surface area contributed by atoms with Gasteiger partial charge >= 0.3 is 39.5 Å². The molecule has 0 amide bonds. The molecule has 17 nitrogen and oxygen atoms in total. The van der Waals surface area contributed by atoms with E-state index in [0.29, 0.717) is 31.6 Å². The molecule has 0 spiro atoms. The summed E-state index contributed by atoms with van der Waals surface area (Å²) in [5.74, 6) is 0.973. The maximum Gasteiger partial charge on any atom is 0.472 e. The van der Waals surface area contributed by atoms with Gasteiger partial charge in [-0.2, -0.15) is 0 Å². The maximum atomic E-state index is 13.1. The normalized spacial score (nSPS) is 14.0. The summed E-state index contributed by atoms with van der Waals surface area (Å²) in [6.45, 7) is 14.3. The first-order valence-electron chi connectivity index (χ1n) is 41.7. The van der Waals surface area contributed by atoms with Crippen LogP contribution in [-0.2, 0) is 65.4 Å². The van der Waals surface area contributed by atoms with Crippen LogP contribution in [0.5, 0.6) is 0 Å². The molecule has 0 radical (unpaired) electrons. The lowest BCUT2D eigenvalue weighted by molar-refractivity contribution is -0.161. The molecule has 100 heavy (non-hydrogen) atoms. The summed E-state index contributed by atoms with van der Waals surface area (Å²) in [4.78, 5) is 73.0. The van der Waals surface area contributed by atoms with Crippen LogP contribution in [0, 0.1) is 23.7 Å². The zero-order valence-corrected chi connectivity index (χ0v) is 67.6. The van der Waals surface area contributed by atoms with Crippen molar-refractivity contribution in [1.82, 2.24) is 0 Å². The van der Waals surface area contributed by atoms with Gasteiger partial charge < -0.3 is 33.8 Å². The number of unbranched alkanes of at least 4 members (excludes halogenated alkanes) is 44. The minimum absolute atomic E-state index is 0.106. The summed E-state index contributed by atoms with van der Waals surface area (Å²) in [5.41, 5.74) is 0. The third-order valence-corrected chi connectivity index (χ3v) is 20.7. The van der Waals surface area contributed by atoms with Gasteiger partial charge in [0.25, 0.3) is 0 Å². The smallest absolute Gasteiger partial charge is 0.462 e. The largest absolute Gasteiger partial charge is 0.472 e. The second-order valence-electron chi connectivity index (χ2n) is 31.1. The van der Waals surface area contributed by atoms with E-state index >= 15 is 0 Å². The van der Waals surface area contributed by atoms with Crippen molar-refractivity contribution in [3.63, 3.8) is 0 Å². The van der Waals surface area contributed by atoms with Crippen LogP contribution in [0.3, 0.4) is 0 Å². The minimum Gasteiger partial charge on any atom is -0.462 e. The van der Waals surface area contributed by atoms with E-state index in [4.69, 9.17) is 37.0 Å². The van der Waals surface area contributed by atoms with Gasteiger partial charge in [-0.1, -0.05) is 364 Å². The molecule has 0 aliphatic carbocycles. The molecule has 5 atom stereocenters. The highest BCUT2D eigenvalue weighted by atomic mass is 31.2. The van der Waals surface area contributed by atoms with Crippen molar-refractivity contribution in [2.45, 2.75) is 433 Å². The lowest BCUT2D eigenvalue weighted by Crippen LogP contribution is -2.30. The van der Waals surface area contributed by atoms with Crippen molar-refractivity contribution >= 4 is 39.5 Å². The Morgan fingerprint density at radius 2 is 0.420 bits per heavy atom. The first-order chi connectivity index (χ1) is 48.1. The fraction of sp³-hybridized carbons (Fsp3) is 0.951. The molecule has 0 aromatic rings. The third-order valence-electron chi connectivity index (χ3n) is 18.8. The molecule has 3 unspecified atom stereocenters. The molecule has 0 heterocycles. The van der Waals surface area contributed by atoms with Crippen molar-refractivity contribution in [1.29, 1.82) is 0 Å². The maximum absolute atomic E-state index is 13.1. The van der Waals surface area contributed by atoms with E-state index in [1.54, 1.807) is 0 Å². The van der Waals surface area contributed by atoms with E-state index in [1.165, 1.54) is 212 Å². The molecule has 3 N–H and O–H groups in total. The number of phosphoric ester groups is 2. The van der Waals surface area contributed by atoms with Crippen LogP contribution in [0.2, 0.25) is 0 Å². The number of ether oxygens (including phenoxy) is 4. The highest BCUT2D eigenvalue weighted by molar-refractivity contribution is 7.47. The molecule has 0 aromatic carbocycles. The van der Waals surface area contributed by atoms with Crippen molar-refractivity contribution in [3.8, 4) is 0 Å². The Hall–Kier alpha value is -1.94. The zero-order chi connectivity index (χ0) is 73.8. The van der Waals surface area contributed by atoms with Gasteiger partial charge in [-0.15, -0.1) is 0 Å². The van der Waals surface area contributed by atoms with Crippen LogP contribution in [-0.4, -0.2) is 96.7 Å². The van der Waals surface area contributed by atoms with E-state index in [0.717, 1.165) is 114 Å². The Morgan fingerprint density at radius 3 is 0.620 bits per heavy atom. The lowest BCUT2D eigenvalue weighted by atomic mass is 10.0. The van der Waals surface area contributed by atoms with E-state index in [9.17, 15) is 43.2 Å². The van der Waals surface area contributed by atoms with Crippen molar-refractivity contribution in [3.05, 3.63) is 0 Å². The van der Waals surface area contributed by atoms with Gasteiger partial charge in [0, 0.05) is 25.7 Å². The van der Waals surface area contributed by atoms with Gasteiger partial charge in [-0.05, 0) is 49.4 Å². The molecule has 0 fully saturated rings. The SMILES string of the molecule is CC(C)CCCCCCCCCCCCCCCCC(=O)O[C@H](COC(=O)CCCCCCCCCCCCCCCC(C)C)COP(=O)(O)OCC(O)COP(=O)(O)OC[C@@H](COC(=O)CCCCCCCCCC(C)C)OC(=O)CCCCCCCCCCCCCCCCC(C)C. The highest BCUT2D eigenvalue weighted by Crippen LogP contribution is 2.45. The molecular formula is C81H158O17P2. The van der Waals surface area contributed by atoms with Crippen molar-refractivity contribution in [2.75, 3.05) is 39.6 Å². The molecule has 0 rings (SSSR count). The molecule has 0 aliphatic rings. The quantitative estimate of drug-likeness (QED) is 0.0222. The summed E-state index contributed by atoms with van der Waals surface area (Å²) in [6, 6.07) is 0. The Balaban J connectivity index is 5.25. The molecule has 0 saturated heterocycles. The fourth-order valence-corrected chi connectivity index (χ4v) is 14.0. The zero-order valence-electron chi connectivity index (χ0n) is 65.8. The van der Waals surface area contributed by atoms with E-state index in [-0.39, 0.29) is 25.7 Å². The van der Waals surface area contributed by atoms with Crippen molar-refractivity contribution in [2.24, 2.45) is 23.7 Å². The third kappa shape index (κ3) is 74.3. The first-order valence-corrected chi connectivity index (χ1v) is 44.7. The average Bonchev–Trinajstić information content (AvgIpc) is 1.16. The standard InChI is InChI=1S/C81H158O17P2/c1-71(2)57-49-41-33-26-20-14-9-11-17-24-30-38-47-55-63-80(85)97-76(67-91-78(83)61-53-45-37-29-23-19-13-16-22-28-35-43-51-59-73(5)6)69-95-99(87,88)93-65-75(82)66-94-100(89,90)96-70-77(68-92-79(84)62-54-46-40-32-36-44-52-60-74(7)8)98-81(86)64-56-48-39-31-25-18-12-10-15-21-27-34-42-50-58-72(3)4/h71-77,82H,9-70H2,1-8H3,(H,87,88)(H,89,90)/t75?,76-,77-/m1/s1. The monoisotopic (exact) mass is 1470 g/mol. The van der Waals surface area contributed by atoms with Crippen molar-refractivity contribution < 1.29 is 80.2 Å². The second kappa shape index (κ2) is 70.1. The number of rotatable bonds is 78. The Morgan fingerprint density at radius 1 is 0.250 bits per heavy atom. The van der Waals surface area contributed by atoms with Gasteiger partial charge in [0.15, 0.2) is 12.2 Å². The fourth-order valence-electron chi connectivity index (χ4n) is 12.4. The molecule has 594 valence electrons. The van der Waals surface area contributed by atoms with Gasteiger partial charge in [0.05, 0.1) is 26.4 Å². The lowest BCUT2D eigenvalue weighted by Gasteiger charge is -2.21. The number of esters is 4.